The molecular formula is C12H12N4O7S2. The zero-order valence-corrected chi connectivity index (χ0v) is 14.5. The van der Waals surface area contributed by atoms with Crippen LogP contribution in [0.3, 0.4) is 0 Å². The molecule has 134 valence electrons. The van der Waals surface area contributed by atoms with Crippen LogP contribution < -0.4 is 19.5 Å². The Hall–Kier alpha value is -2.93. The van der Waals surface area contributed by atoms with E-state index in [-0.39, 0.29) is 17.7 Å². The number of aromatic carboxylic acids is 1. The summed E-state index contributed by atoms with van der Waals surface area (Å²) in [5.74, 6) is -1.53. The van der Waals surface area contributed by atoms with Gasteiger partial charge in [-0.1, -0.05) is 0 Å². The maximum absolute atomic E-state index is 12.1. The van der Waals surface area contributed by atoms with Gasteiger partial charge in [0.05, 0.1) is 20.3 Å². The summed E-state index contributed by atoms with van der Waals surface area (Å²) in [6.45, 7) is 0. The minimum absolute atomic E-state index is 0.0796. The van der Waals surface area contributed by atoms with Crippen molar-refractivity contribution in [2.45, 2.75) is 4.90 Å². The van der Waals surface area contributed by atoms with Crippen molar-refractivity contribution in [3.8, 4) is 11.8 Å². The normalized spacial score (nSPS) is 10.8. The Kier molecular flexibility index (Phi) is 5.38. The smallest absolute Gasteiger partial charge is 0.347 e. The van der Waals surface area contributed by atoms with E-state index in [0.717, 1.165) is 17.4 Å². The number of urea groups is 1. The number of sulfonamides is 1. The number of thiophene rings is 1. The lowest BCUT2D eigenvalue weighted by Gasteiger charge is -2.09. The summed E-state index contributed by atoms with van der Waals surface area (Å²) in [5.41, 5.74) is 0. The van der Waals surface area contributed by atoms with Crippen molar-refractivity contribution in [2.24, 2.45) is 0 Å². The van der Waals surface area contributed by atoms with Gasteiger partial charge in [-0.05, 0) is 11.4 Å². The summed E-state index contributed by atoms with van der Waals surface area (Å²) in [6, 6.07) is 1.25. The van der Waals surface area contributed by atoms with Crippen molar-refractivity contribution < 1.29 is 32.6 Å². The van der Waals surface area contributed by atoms with E-state index in [4.69, 9.17) is 14.6 Å². The zero-order valence-electron chi connectivity index (χ0n) is 12.8. The Bertz CT molecular complexity index is 888. The molecule has 3 N–H and O–H groups in total. The predicted octanol–water partition coefficient (Wildman–Crippen LogP) is 0.764. The molecule has 0 fully saturated rings. The number of carbonyl (C=O) groups is 2. The quantitative estimate of drug-likeness (QED) is 0.650. The van der Waals surface area contributed by atoms with E-state index in [0.29, 0.717) is 0 Å². The van der Waals surface area contributed by atoms with Gasteiger partial charge < -0.3 is 14.6 Å². The molecule has 0 aliphatic heterocycles. The number of nitrogens with one attached hydrogen (secondary N) is 2. The van der Waals surface area contributed by atoms with Crippen LogP contribution in [-0.2, 0) is 10.0 Å². The van der Waals surface area contributed by atoms with Crippen molar-refractivity contribution in [3.63, 3.8) is 0 Å². The lowest BCUT2D eigenvalue weighted by molar-refractivity contribution is 0.0698. The number of methoxy groups -OCH3 is 2. The van der Waals surface area contributed by atoms with Gasteiger partial charge in [0.25, 0.3) is 10.0 Å². The lowest BCUT2D eigenvalue weighted by atomic mass is 10.5. The molecule has 0 unspecified atom stereocenters. The number of nitrogens with zero attached hydrogens (tertiary/aromatic N) is 2. The first-order valence-electron chi connectivity index (χ1n) is 6.38. The van der Waals surface area contributed by atoms with E-state index in [9.17, 15) is 18.0 Å². The standard InChI is InChI=1S/C12H12N4O7S2/c1-22-7-5-8(23-2)14-11(13-7)15-12(19)16-25(20,21)6-3-4-24-9(6)10(17)18/h3-5H,1-2H3,(H,17,18)(H2,13,14,15,16,19). The van der Waals surface area contributed by atoms with Crippen LogP contribution >= 0.6 is 11.3 Å². The summed E-state index contributed by atoms with van der Waals surface area (Å²) in [7, 11) is -1.73. The number of aromatic nitrogens is 2. The monoisotopic (exact) mass is 388 g/mol. The van der Waals surface area contributed by atoms with Gasteiger partial charge in [0, 0.05) is 0 Å². The Balaban J connectivity index is 2.19. The molecule has 11 nitrogen and oxygen atoms in total. The topological polar surface area (TPSA) is 157 Å². The minimum Gasteiger partial charge on any atom is -0.481 e. The molecule has 0 radical (unpaired) electrons. The Morgan fingerprint density at radius 3 is 2.32 bits per heavy atom. The molecule has 0 spiro atoms. The molecule has 0 bridgehead atoms. The second-order valence-electron chi connectivity index (χ2n) is 4.26. The Labute approximate surface area is 145 Å². The third-order valence-corrected chi connectivity index (χ3v) is 5.07. The van der Waals surface area contributed by atoms with Crippen LogP contribution in [0.15, 0.2) is 22.4 Å². The highest BCUT2D eigenvalue weighted by Gasteiger charge is 2.26. The number of carboxylic acids is 1. The molecule has 2 rings (SSSR count). The SMILES string of the molecule is COc1cc(OC)nc(NC(=O)NS(=O)(=O)c2ccsc2C(=O)O)n1. The summed E-state index contributed by atoms with van der Waals surface area (Å²) in [4.78, 5) is 29.6. The third kappa shape index (κ3) is 4.33. The minimum atomic E-state index is -4.39. The van der Waals surface area contributed by atoms with Gasteiger partial charge in [-0.15, -0.1) is 11.3 Å². The summed E-state index contributed by atoms with van der Waals surface area (Å²) < 4.78 is 35.8. The first-order chi connectivity index (χ1) is 11.8. The Morgan fingerprint density at radius 2 is 1.80 bits per heavy atom. The summed E-state index contributed by atoms with van der Waals surface area (Å²) in [5, 5.41) is 12.4. The van der Waals surface area contributed by atoms with Crippen molar-refractivity contribution in [2.75, 3.05) is 19.5 Å². The highest BCUT2D eigenvalue weighted by molar-refractivity contribution is 7.90. The molecule has 0 aliphatic rings. The molecule has 2 aromatic rings. The van der Waals surface area contributed by atoms with Gasteiger partial charge in [-0.25, -0.2) is 22.7 Å². The molecular weight excluding hydrogens is 376 g/mol. The fraction of sp³-hybridized carbons (Fsp3) is 0.167. The van der Waals surface area contributed by atoms with E-state index in [1.54, 1.807) is 4.72 Å². The number of carbonyl (C=O) groups excluding carboxylic acids is 1. The predicted molar refractivity (Wildman–Crippen MR) is 85.8 cm³/mol. The van der Waals surface area contributed by atoms with Crippen LogP contribution in [-0.4, -0.2) is 49.7 Å². The van der Waals surface area contributed by atoms with E-state index < -0.39 is 31.8 Å². The molecule has 25 heavy (non-hydrogen) atoms. The zero-order chi connectivity index (χ0) is 18.6. The highest BCUT2D eigenvalue weighted by Crippen LogP contribution is 2.22. The fourth-order valence-electron chi connectivity index (χ4n) is 1.64. The van der Waals surface area contributed by atoms with E-state index in [1.807, 2.05) is 0 Å². The van der Waals surface area contributed by atoms with Gasteiger partial charge >= 0.3 is 12.0 Å². The van der Waals surface area contributed by atoms with Crippen LogP contribution in [0.5, 0.6) is 11.8 Å². The van der Waals surface area contributed by atoms with Crippen molar-refractivity contribution in [3.05, 3.63) is 22.4 Å². The molecule has 2 amide bonds. The maximum atomic E-state index is 12.1. The number of hydrogen-bond donors (Lipinski definition) is 3. The molecule has 0 saturated carbocycles. The molecule has 13 heteroatoms. The number of anilines is 1. The second kappa shape index (κ2) is 7.31. The maximum Gasteiger partial charge on any atom is 0.347 e. The van der Waals surface area contributed by atoms with Crippen LogP contribution in [0.1, 0.15) is 9.67 Å². The number of ether oxygens (including phenoxy) is 2. The third-order valence-electron chi connectivity index (χ3n) is 2.66. The molecule has 2 aromatic heterocycles. The largest absolute Gasteiger partial charge is 0.481 e. The van der Waals surface area contributed by atoms with E-state index in [2.05, 4.69) is 15.3 Å². The van der Waals surface area contributed by atoms with Crippen LogP contribution in [0.2, 0.25) is 0 Å². The van der Waals surface area contributed by atoms with E-state index in [1.165, 1.54) is 25.7 Å². The lowest BCUT2D eigenvalue weighted by Crippen LogP contribution is -2.35. The number of hydrogen-bond acceptors (Lipinski definition) is 9. The number of carboxylic acid groups (broad SMARTS) is 1. The second-order valence-corrected chi connectivity index (χ2v) is 6.82. The first kappa shape index (κ1) is 18.4. The van der Waals surface area contributed by atoms with E-state index >= 15 is 0 Å². The molecule has 2 heterocycles. The fourth-order valence-corrected chi connectivity index (χ4v) is 3.81. The Morgan fingerprint density at radius 1 is 1.20 bits per heavy atom. The van der Waals surface area contributed by atoms with Gasteiger partial charge in [-0.2, -0.15) is 9.97 Å². The summed E-state index contributed by atoms with van der Waals surface area (Å²) in [6.07, 6.45) is 0. The van der Waals surface area contributed by atoms with Crippen LogP contribution in [0.4, 0.5) is 10.7 Å². The van der Waals surface area contributed by atoms with Gasteiger partial charge in [0.2, 0.25) is 17.7 Å². The molecule has 0 saturated heterocycles. The van der Waals surface area contributed by atoms with Crippen molar-refractivity contribution >= 4 is 39.3 Å². The molecule has 0 aliphatic carbocycles. The highest BCUT2D eigenvalue weighted by atomic mass is 32.2. The van der Waals surface area contributed by atoms with Gasteiger partial charge in [0.1, 0.15) is 9.77 Å². The van der Waals surface area contributed by atoms with Gasteiger partial charge in [-0.3, -0.25) is 5.32 Å². The number of rotatable bonds is 6. The molecule has 0 aromatic carbocycles. The first-order valence-corrected chi connectivity index (χ1v) is 8.74. The average Bonchev–Trinajstić information content (AvgIpc) is 3.04. The average molecular weight is 388 g/mol. The van der Waals surface area contributed by atoms with Crippen LogP contribution in [0.25, 0.3) is 0 Å². The summed E-state index contributed by atoms with van der Waals surface area (Å²) >= 11 is 0.717. The van der Waals surface area contributed by atoms with Gasteiger partial charge in [0.15, 0.2) is 0 Å². The number of amides is 2. The van der Waals surface area contributed by atoms with Crippen molar-refractivity contribution in [1.29, 1.82) is 0 Å². The molecule has 0 atom stereocenters. The van der Waals surface area contributed by atoms with Crippen molar-refractivity contribution in [1.82, 2.24) is 14.7 Å². The van der Waals surface area contributed by atoms with Crippen LogP contribution in [0, 0.1) is 0 Å².